The Morgan fingerprint density at radius 2 is 2.03 bits per heavy atom. The normalized spacial score (nSPS) is 29.3. The van der Waals surface area contributed by atoms with Gasteiger partial charge in [0.2, 0.25) is 11.8 Å². The fourth-order valence-electron chi connectivity index (χ4n) is 4.89. The van der Waals surface area contributed by atoms with Crippen LogP contribution in [0.25, 0.3) is 0 Å². The zero-order valence-electron chi connectivity index (χ0n) is 15.9. The first-order chi connectivity index (χ1) is 13.9. The molecule has 0 radical (unpaired) electrons. The quantitative estimate of drug-likeness (QED) is 0.772. The van der Waals surface area contributed by atoms with Crippen molar-refractivity contribution in [2.45, 2.75) is 38.6 Å². The number of aryl methyl sites for hydroxylation is 1. The summed E-state index contributed by atoms with van der Waals surface area (Å²) in [5.74, 6) is -1.03. The predicted molar refractivity (Wildman–Crippen MR) is 100 cm³/mol. The van der Waals surface area contributed by atoms with Gasteiger partial charge in [0.25, 0.3) is 0 Å². The van der Waals surface area contributed by atoms with Gasteiger partial charge in [-0.2, -0.15) is 5.10 Å². The Hall–Kier alpha value is -2.90. The molecule has 3 fully saturated rings. The van der Waals surface area contributed by atoms with Gasteiger partial charge in [-0.15, -0.1) is 0 Å². The van der Waals surface area contributed by atoms with Crippen molar-refractivity contribution in [1.82, 2.24) is 15.0 Å². The van der Waals surface area contributed by atoms with Crippen molar-refractivity contribution in [3.8, 4) is 5.88 Å². The average molecular weight is 398 g/mol. The molecule has 2 bridgehead atoms. The number of rotatable bonds is 5. The molecule has 3 aliphatic carbocycles. The van der Waals surface area contributed by atoms with Crippen LogP contribution in [0.4, 0.5) is 8.78 Å². The van der Waals surface area contributed by atoms with Crippen molar-refractivity contribution in [2.24, 2.45) is 15.9 Å². The van der Waals surface area contributed by atoms with E-state index < -0.39 is 23.1 Å². The molecular weight excluding hydrogens is 378 g/mol. The summed E-state index contributed by atoms with van der Waals surface area (Å²) in [5.41, 5.74) is 0.661. The third-order valence-corrected chi connectivity index (χ3v) is 6.19. The van der Waals surface area contributed by atoms with Gasteiger partial charge >= 0.3 is 0 Å². The molecule has 1 aliphatic heterocycles. The Morgan fingerprint density at radius 3 is 2.72 bits per heavy atom. The van der Waals surface area contributed by atoms with Gasteiger partial charge in [-0.1, -0.05) is 6.07 Å². The molecule has 3 saturated carbocycles. The molecule has 4 aliphatic rings. The predicted octanol–water partition coefficient (Wildman–Crippen LogP) is 3.57. The van der Waals surface area contributed by atoms with E-state index in [0.717, 1.165) is 37.1 Å². The number of halogens is 2. The number of pyridine rings is 2. The molecule has 150 valence electrons. The van der Waals surface area contributed by atoms with E-state index in [-0.39, 0.29) is 17.0 Å². The van der Waals surface area contributed by atoms with Crippen molar-refractivity contribution >= 4 is 12.1 Å². The number of aromatic nitrogens is 2. The highest BCUT2D eigenvalue weighted by molar-refractivity contribution is 5.88. The van der Waals surface area contributed by atoms with Crippen molar-refractivity contribution in [1.29, 1.82) is 0 Å². The van der Waals surface area contributed by atoms with E-state index in [1.165, 1.54) is 5.01 Å². The number of nitrogens with zero attached hydrogens (tertiary/aromatic N) is 4. The molecule has 1 unspecified atom stereocenters. The van der Waals surface area contributed by atoms with Crippen LogP contribution in [0.1, 0.15) is 43.0 Å². The molecule has 2 aromatic rings. The lowest BCUT2D eigenvalue weighted by atomic mass is 9.35. The van der Waals surface area contributed by atoms with Crippen LogP contribution in [-0.4, -0.2) is 33.7 Å². The molecule has 3 heterocycles. The number of hydrazone groups is 1. The molecule has 1 atom stereocenters. The highest BCUT2D eigenvalue weighted by Crippen LogP contribution is 2.74. The largest absolute Gasteiger partial charge is 0.477 e. The first-order valence-corrected chi connectivity index (χ1v) is 9.62. The maximum Gasteiger partial charge on any atom is 0.249 e. The third-order valence-electron chi connectivity index (χ3n) is 6.19. The molecule has 8 heteroatoms. The Balaban J connectivity index is 1.23. The molecule has 6 rings (SSSR count). The molecule has 1 amide bonds. The van der Waals surface area contributed by atoms with Gasteiger partial charge in [0.15, 0.2) is 0 Å². The van der Waals surface area contributed by atoms with Gasteiger partial charge in [0.05, 0.1) is 18.2 Å². The van der Waals surface area contributed by atoms with Crippen LogP contribution < -0.4 is 4.74 Å². The number of hydrogen-bond donors (Lipinski definition) is 0. The van der Waals surface area contributed by atoms with Crippen molar-refractivity contribution in [2.75, 3.05) is 6.61 Å². The van der Waals surface area contributed by atoms with Crippen molar-refractivity contribution in [3.05, 3.63) is 53.5 Å². The van der Waals surface area contributed by atoms with Gasteiger partial charge in [0.1, 0.15) is 23.4 Å². The van der Waals surface area contributed by atoms with Crippen LogP contribution in [0.15, 0.2) is 35.7 Å². The monoisotopic (exact) mass is 398 g/mol. The van der Waals surface area contributed by atoms with Gasteiger partial charge in [-0.3, -0.25) is 9.78 Å². The van der Waals surface area contributed by atoms with Crippen molar-refractivity contribution in [3.63, 3.8) is 0 Å². The number of carbonyl (C=O) groups is 1. The van der Waals surface area contributed by atoms with Crippen molar-refractivity contribution < 1.29 is 18.3 Å². The highest BCUT2D eigenvalue weighted by atomic mass is 19.1. The molecule has 6 nitrogen and oxygen atoms in total. The van der Waals surface area contributed by atoms with E-state index in [1.807, 2.05) is 19.1 Å². The number of hydrogen-bond acceptors (Lipinski definition) is 5. The maximum absolute atomic E-state index is 14.2. The molecule has 0 N–H and O–H groups in total. The average Bonchev–Trinajstić information content (AvgIpc) is 3.10. The fourth-order valence-corrected chi connectivity index (χ4v) is 4.89. The molecule has 0 aromatic carbocycles. The van der Waals surface area contributed by atoms with Gasteiger partial charge in [0, 0.05) is 36.4 Å². The first kappa shape index (κ1) is 18.1. The lowest BCUT2D eigenvalue weighted by molar-refractivity contribution is -0.227. The summed E-state index contributed by atoms with van der Waals surface area (Å²) in [5, 5.41) is 5.50. The van der Waals surface area contributed by atoms with Crippen LogP contribution in [-0.2, 0) is 4.79 Å². The van der Waals surface area contributed by atoms with Gasteiger partial charge in [-0.05, 0) is 31.7 Å². The number of ether oxygens (including phenoxy) is 1. The highest BCUT2D eigenvalue weighted by Gasteiger charge is 2.73. The van der Waals surface area contributed by atoms with E-state index in [2.05, 4.69) is 15.1 Å². The lowest BCUT2D eigenvalue weighted by Gasteiger charge is -2.69. The molecule has 0 spiro atoms. The third kappa shape index (κ3) is 2.89. The SMILES string of the molecule is Cc1ccc(OCC23CC(C(=O)N4N=CCC4c4ncc(F)cc4F)(C2)C3)nc1. The summed E-state index contributed by atoms with van der Waals surface area (Å²) < 4.78 is 33.2. The minimum atomic E-state index is -0.758. The zero-order valence-corrected chi connectivity index (χ0v) is 15.9. The molecule has 2 aromatic heterocycles. The van der Waals surface area contributed by atoms with Crippen LogP contribution in [0.2, 0.25) is 0 Å². The van der Waals surface area contributed by atoms with Gasteiger partial charge < -0.3 is 4.74 Å². The Labute approximate surface area is 166 Å². The number of carbonyl (C=O) groups excluding carboxylic acids is 1. The summed E-state index contributed by atoms with van der Waals surface area (Å²) >= 11 is 0. The summed E-state index contributed by atoms with van der Waals surface area (Å²) in [7, 11) is 0. The topological polar surface area (TPSA) is 67.7 Å². The summed E-state index contributed by atoms with van der Waals surface area (Å²) in [6.45, 7) is 2.49. The minimum absolute atomic E-state index is 0.000533. The van der Waals surface area contributed by atoms with E-state index in [4.69, 9.17) is 4.74 Å². The number of amides is 1. The van der Waals surface area contributed by atoms with E-state index in [0.29, 0.717) is 18.9 Å². The first-order valence-electron chi connectivity index (χ1n) is 9.62. The van der Waals surface area contributed by atoms with Crippen LogP contribution in [0.5, 0.6) is 5.88 Å². The second-order valence-corrected chi connectivity index (χ2v) is 8.49. The van der Waals surface area contributed by atoms with Gasteiger partial charge in [-0.25, -0.2) is 18.8 Å². The zero-order chi connectivity index (χ0) is 20.2. The Bertz CT molecular complexity index is 988. The lowest BCUT2D eigenvalue weighted by Crippen LogP contribution is -2.69. The maximum atomic E-state index is 14.2. The van der Waals surface area contributed by atoms with Crippen LogP contribution >= 0.6 is 0 Å². The standard InChI is InChI=1S/C21H20F2N4O2/c1-13-2-3-17(24-7-13)29-12-20-9-21(10-20,11-20)19(28)27-16(4-5-26-27)18-15(23)6-14(22)8-25-18/h2-3,5-8,16H,4,9-12H2,1H3. The van der Waals surface area contributed by atoms with E-state index in [1.54, 1.807) is 12.4 Å². The second-order valence-electron chi connectivity index (χ2n) is 8.49. The Kier molecular flexibility index (Phi) is 3.94. The second kappa shape index (κ2) is 6.30. The smallest absolute Gasteiger partial charge is 0.249 e. The summed E-state index contributed by atoms with van der Waals surface area (Å²) in [4.78, 5) is 21.2. The molecule has 29 heavy (non-hydrogen) atoms. The minimum Gasteiger partial charge on any atom is -0.477 e. The molecule has 0 saturated heterocycles. The van der Waals surface area contributed by atoms with Crippen LogP contribution in [0.3, 0.4) is 0 Å². The fraction of sp³-hybridized carbons (Fsp3) is 0.429. The summed E-state index contributed by atoms with van der Waals surface area (Å²) in [6, 6.07) is 3.95. The van der Waals surface area contributed by atoms with E-state index in [9.17, 15) is 13.6 Å². The molecular formula is C21H20F2N4O2. The van der Waals surface area contributed by atoms with Crippen LogP contribution in [0, 0.1) is 29.4 Å². The summed E-state index contributed by atoms with van der Waals surface area (Å²) in [6.07, 6.45) is 6.85. The Morgan fingerprint density at radius 1 is 1.24 bits per heavy atom. The van der Waals surface area contributed by atoms with E-state index >= 15 is 0 Å².